The summed E-state index contributed by atoms with van der Waals surface area (Å²) in [4.78, 5) is 19.1. The van der Waals surface area contributed by atoms with E-state index < -0.39 is 0 Å². The number of rotatable bonds is 3. The van der Waals surface area contributed by atoms with Crippen LogP contribution < -0.4 is 4.89 Å². The number of hydrogen-bond acceptors (Lipinski definition) is 4. The van der Waals surface area contributed by atoms with E-state index in [0.29, 0.717) is 11.8 Å². The van der Waals surface area contributed by atoms with Crippen molar-refractivity contribution in [3.63, 3.8) is 0 Å². The summed E-state index contributed by atoms with van der Waals surface area (Å²) >= 11 is 0. The Morgan fingerprint density at radius 2 is 2.25 bits per heavy atom. The summed E-state index contributed by atoms with van der Waals surface area (Å²) in [6.45, 7) is 0. The van der Waals surface area contributed by atoms with Gasteiger partial charge in [-0.25, -0.2) is 0 Å². The van der Waals surface area contributed by atoms with Crippen molar-refractivity contribution in [1.82, 2.24) is 0 Å². The molecule has 0 heterocycles. The summed E-state index contributed by atoms with van der Waals surface area (Å²) in [7, 11) is 1.33. The first-order chi connectivity index (χ1) is 5.77. The number of carbonyl (C=O) groups excluding carboxylic acids is 1. The minimum absolute atomic E-state index is 0.124. The maximum absolute atomic E-state index is 10.2. The Hall–Kier alpha value is -1.55. The third kappa shape index (κ3) is 1.73. The summed E-state index contributed by atoms with van der Waals surface area (Å²) in [6, 6.07) is 4.25. The number of hydrogen-bond donors (Lipinski definition) is 1. The highest BCUT2D eigenvalue weighted by Gasteiger charge is 2.02. The van der Waals surface area contributed by atoms with E-state index in [9.17, 15) is 9.90 Å². The zero-order valence-electron chi connectivity index (χ0n) is 6.48. The number of aldehydes is 1. The van der Waals surface area contributed by atoms with Gasteiger partial charge in [-0.15, -0.1) is 0 Å². The normalized spacial score (nSPS) is 9.42. The summed E-state index contributed by atoms with van der Waals surface area (Å²) < 4.78 is 0. The lowest BCUT2D eigenvalue weighted by molar-refractivity contribution is -0.179. The molecule has 0 aliphatic heterocycles. The molecule has 1 aromatic carbocycles. The van der Waals surface area contributed by atoms with Gasteiger partial charge in [-0.3, -0.25) is 4.79 Å². The molecular weight excluding hydrogens is 160 g/mol. The second-order valence-corrected chi connectivity index (χ2v) is 2.10. The lowest BCUT2D eigenvalue weighted by Gasteiger charge is -2.02. The van der Waals surface area contributed by atoms with Crippen LogP contribution in [0.15, 0.2) is 18.2 Å². The standard InChI is InChI=1S/C8H8O4/c1-11-12-8-3-2-6(5-9)4-7(8)10/h2-5,10H,1H3. The number of aromatic hydroxyl groups is 1. The third-order valence-electron chi connectivity index (χ3n) is 1.29. The molecule has 1 aromatic rings. The Morgan fingerprint density at radius 3 is 2.75 bits per heavy atom. The van der Waals surface area contributed by atoms with Crippen molar-refractivity contribution in [1.29, 1.82) is 0 Å². The fraction of sp³-hybridized carbons (Fsp3) is 0.125. The molecule has 4 heteroatoms. The maximum atomic E-state index is 10.2. The second-order valence-electron chi connectivity index (χ2n) is 2.10. The molecule has 4 nitrogen and oxygen atoms in total. The number of benzene rings is 1. The molecule has 0 saturated heterocycles. The number of carbonyl (C=O) groups is 1. The van der Waals surface area contributed by atoms with Gasteiger partial charge in [0.25, 0.3) is 0 Å². The van der Waals surface area contributed by atoms with Crippen LogP contribution >= 0.6 is 0 Å². The molecule has 0 atom stereocenters. The topological polar surface area (TPSA) is 55.8 Å². The van der Waals surface area contributed by atoms with Crippen LogP contribution in [0.1, 0.15) is 10.4 Å². The van der Waals surface area contributed by atoms with Gasteiger partial charge in [0.05, 0.1) is 7.11 Å². The molecule has 0 aliphatic rings. The largest absolute Gasteiger partial charge is 0.504 e. The third-order valence-corrected chi connectivity index (χ3v) is 1.29. The lowest BCUT2D eigenvalue weighted by Crippen LogP contribution is -1.91. The van der Waals surface area contributed by atoms with Crippen LogP contribution in [0.25, 0.3) is 0 Å². The molecule has 1 N–H and O–H groups in total. The molecule has 0 fully saturated rings. The average Bonchev–Trinajstić information content (AvgIpc) is 2.09. The van der Waals surface area contributed by atoms with Gasteiger partial charge in [0.2, 0.25) is 5.75 Å². The molecule has 0 bridgehead atoms. The summed E-state index contributed by atoms with van der Waals surface area (Å²) in [5.74, 6) is 0.0598. The maximum Gasteiger partial charge on any atom is 0.206 e. The molecule has 0 aromatic heterocycles. The number of phenolic OH excluding ortho intramolecular Hbond substituents is 1. The highest BCUT2D eigenvalue weighted by atomic mass is 17.2. The van der Waals surface area contributed by atoms with Gasteiger partial charge in [-0.1, -0.05) is 0 Å². The molecule has 64 valence electrons. The van der Waals surface area contributed by atoms with E-state index in [1.807, 2.05) is 0 Å². The Labute approximate surface area is 69.3 Å². The van der Waals surface area contributed by atoms with Crippen LogP contribution in [0.4, 0.5) is 0 Å². The lowest BCUT2D eigenvalue weighted by atomic mass is 10.2. The van der Waals surface area contributed by atoms with Crippen LogP contribution in [-0.2, 0) is 4.89 Å². The SMILES string of the molecule is COOc1ccc(C=O)cc1O. The minimum atomic E-state index is -0.124. The Kier molecular flexibility index (Phi) is 2.66. The van der Waals surface area contributed by atoms with Gasteiger partial charge in [-0.05, 0) is 18.2 Å². The van der Waals surface area contributed by atoms with Crippen LogP contribution in [0, 0.1) is 0 Å². The van der Waals surface area contributed by atoms with Crippen molar-refractivity contribution >= 4 is 6.29 Å². The Bertz CT molecular complexity index is 282. The van der Waals surface area contributed by atoms with Gasteiger partial charge in [0.1, 0.15) is 6.29 Å². The van der Waals surface area contributed by atoms with Gasteiger partial charge < -0.3 is 9.99 Å². The van der Waals surface area contributed by atoms with Gasteiger partial charge in [0, 0.05) is 5.56 Å². The average molecular weight is 168 g/mol. The fourth-order valence-electron chi connectivity index (χ4n) is 0.768. The smallest absolute Gasteiger partial charge is 0.206 e. The zero-order chi connectivity index (χ0) is 8.97. The van der Waals surface area contributed by atoms with E-state index in [1.165, 1.54) is 25.3 Å². The molecule has 0 spiro atoms. The highest BCUT2D eigenvalue weighted by molar-refractivity contribution is 5.76. The van der Waals surface area contributed by atoms with E-state index in [2.05, 4.69) is 9.78 Å². The van der Waals surface area contributed by atoms with Gasteiger partial charge in [0.15, 0.2) is 5.75 Å². The van der Waals surface area contributed by atoms with Crippen LogP contribution in [-0.4, -0.2) is 18.5 Å². The van der Waals surface area contributed by atoms with Crippen molar-refractivity contribution in [3.05, 3.63) is 23.8 Å². The first-order valence-electron chi connectivity index (χ1n) is 3.27. The Morgan fingerprint density at radius 1 is 1.50 bits per heavy atom. The van der Waals surface area contributed by atoms with Crippen molar-refractivity contribution < 1.29 is 19.7 Å². The van der Waals surface area contributed by atoms with Crippen molar-refractivity contribution in [2.24, 2.45) is 0 Å². The van der Waals surface area contributed by atoms with E-state index in [1.54, 1.807) is 0 Å². The molecular formula is C8H8O4. The predicted octanol–water partition coefficient (Wildman–Crippen LogP) is 1.14. The quantitative estimate of drug-likeness (QED) is 0.417. The van der Waals surface area contributed by atoms with Crippen LogP contribution in [0.2, 0.25) is 0 Å². The van der Waals surface area contributed by atoms with Crippen molar-refractivity contribution in [2.45, 2.75) is 0 Å². The summed E-state index contributed by atoms with van der Waals surface area (Å²) in [5.41, 5.74) is 0.385. The van der Waals surface area contributed by atoms with Crippen molar-refractivity contribution in [3.8, 4) is 11.5 Å². The van der Waals surface area contributed by atoms with E-state index in [0.717, 1.165) is 0 Å². The molecule has 12 heavy (non-hydrogen) atoms. The highest BCUT2D eigenvalue weighted by Crippen LogP contribution is 2.25. The zero-order valence-corrected chi connectivity index (χ0v) is 6.48. The molecule has 0 saturated carbocycles. The Balaban J connectivity index is 2.94. The first kappa shape index (κ1) is 8.55. The van der Waals surface area contributed by atoms with Crippen LogP contribution in [0.3, 0.4) is 0 Å². The first-order valence-corrected chi connectivity index (χ1v) is 3.27. The fourth-order valence-corrected chi connectivity index (χ4v) is 0.768. The monoisotopic (exact) mass is 168 g/mol. The van der Waals surface area contributed by atoms with E-state index in [4.69, 9.17) is 0 Å². The van der Waals surface area contributed by atoms with Crippen molar-refractivity contribution in [2.75, 3.05) is 7.11 Å². The van der Waals surface area contributed by atoms with Crippen LogP contribution in [0.5, 0.6) is 11.5 Å². The molecule has 1 rings (SSSR count). The molecule has 0 unspecified atom stereocenters. The summed E-state index contributed by atoms with van der Waals surface area (Å²) in [5, 5.41) is 9.19. The minimum Gasteiger partial charge on any atom is -0.504 e. The summed E-state index contributed by atoms with van der Waals surface area (Å²) in [6.07, 6.45) is 0.635. The molecule has 0 amide bonds. The molecule has 0 radical (unpaired) electrons. The number of phenols is 1. The van der Waals surface area contributed by atoms with Gasteiger partial charge in [-0.2, -0.15) is 4.89 Å². The van der Waals surface area contributed by atoms with E-state index >= 15 is 0 Å². The van der Waals surface area contributed by atoms with E-state index in [-0.39, 0.29) is 11.5 Å². The second kappa shape index (κ2) is 3.73. The molecule has 0 aliphatic carbocycles. The predicted molar refractivity (Wildman–Crippen MR) is 41.1 cm³/mol. The van der Waals surface area contributed by atoms with Gasteiger partial charge >= 0.3 is 0 Å².